The zero-order valence-corrected chi connectivity index (χ0v) is 20.9. The SMILES string of the molecule is CCC=CCC1=NC2c3cc4c(cc3C=CC2N1)-c1ccc(-c2cnc(CC=CCC)[nH]2)cc1OC4. The quantitative estimate of drug-likeness (QED) is 0.363. The highest BCUT2D eigenvalue weighted by Gasteiger charge is 2.33. The largest absolute Gasteiger partial charge is 0.488 e. The molecule has 1 aromatic heterocycles. The van der Waals surface area contributed by atoms with E-state index in [9.17, 15) is 0 Å². The van der Waals surface area contributed by atoms with E-state index in [0.717, 1.165) is 59.9 Å². The van der Waals surface area contributed by atoms with Crippen LogP contribution in [0.2, 0.25) is 0 Å². The van der Waals surface area contributed by atoms with E-state index in [1.54, 1.807) is 0 Å². The maximum absolute atomic E-state index is 6.26. The van der Waals surface area contributed by atoms with E-state index in [1.807, 2.05) is 6.20 Å². The van der Waals surface area contributed by atoms with E-state index >= 15 is 0 Å². The number of benzene rings is 2. The van der Waals surface area contributed by atoms with Gasteiger partial charge in [-0.25, -0.2) is 4.98 Å². The number of hydrogen-bond donors (Lipinski definition) is 2. The van der Waals surface area contributed by atoms with Gasteiger partial charge in [0, 0.05) is 24.0 Å². The molecule has 0 saturated heterocycles. The standard InChI is InChI=1S/C31H32N4O/c1-3-5-7-9-29-32-18-27(34-29)21-11-13-23-24-15-20-12-14-26-31(35-30(33-26)10-8-6-4-2)25(20)16-22(24)19-36-28(23)17-21/h5-8,11-18,26,31H,3-4,9-10,19H2,1-2H3,(H,32,34)(H,33,35). The van der Waals surface area contributed by atoms with Gasteiger partial charge in [-0.05, 0) is 59.4 Å². The van der Waals surface area contributed by atoms with Gasteiger partial charge >= 0.3 is 0 Å². The lowest BCUT2D eigenvalue weighted by Gasteiger charge is -2.27. The molecule has 2 aliphatic heterocycles. The van der Waals surface area contributed by atoms with Gasteiger partial charge in [0.2, 0.25) is 0 Å². The first-order valence-electron chi connectivity index (χ1n) is 13.0. The van der Waals surface area contributed by atoms with Crippen molar-refractivity contribution in [1.29, 1.82) is 0 Å². The number of H-pyrrole nitrogens is 1. The number of nitrogens with one attached hydrogen (secondary N) is 2. The van der Waals surface area contributed by atoms with Crippen LogP contribution in [-0.4, -0.2) is 21.8 Å². The number of amidine groups is 1. The molecule has 2 N–H and O–H groups in total. The van der Waals surface area contributed by atoms with Crippen LogP contribution >= 0.6 is 0 Å². The highest BCUT2D eigenvalue weighted by molar-refractivity contribution is 5.88. The number of hydrogen-bond acceptors (Lipinski definition) is 4. The minimum Gasteiger partial charge on any atom is -0.488 e. The van der Waals surface area contributed by atoms with Gasteiger partial charge in [0.05, 0.1) is 17.9 Å². The van der Waals surface area contributed by atoms with Crippen LogP contribution in [0, 0.1) is 0 Å². The van der Waals surface area contributed by atoms with Gasteiger partial charge in [0.15, 0.2) is 0 Å². The minimum absolute atomic E-state index is 0.130. The third-order valence-corrected chi connectivity index (χ3v) is 7.10. The van der Waals surface area contributed by atoms with E-state index in [1.165, 1.54) is 22.3 Å². The molecule has 2 unspecified atom stereocenters. The number of aliphatic imine (C=N–C) groups is 1. The van der Waals surface area contributed by atoms with Crippen LogP contribution in [0.5, 0.6) is 5.75 Å². The van der Waals surface area contributed by atoms with Crippen LogP contribution in [0.3, 0.4) is 0 Å². The van der Waals surface area contributed by atoms with Gasteiger partial charge in [0.25, 0.3) is 0 Å². The molecule has 0 amide bonds. The molecule has 0 saturated carbocycles. The third-order valence-electron chi connectivity index (χ3n) is 7.10. The first kappa shape index (κ1) is 22.6. The summed E-state index contributed by atoms with van der Waals surface area (Å²) in [5.41, 5.74) is 8.26. The second-order valence-electron chi connectivity index (χ2n) is 9.60. The van der Waals surface area contributed by atoms with Gasteiger partial charge in [-0.1, -0.05) is 56.4 Å². The second kappa shape index (κ2) is 9.65. The molecule has 36 heavy (non-hydrogen) atoms. The molecule has 0 radical (unpaired) electrons. The van der Waals surface area contributed by atoms with Crippen molar-refractivity contribution in [2.24, 2.45) is 4.99 Å². The highest BCUT2D eigenvalue weighted by Crippen LogP contribution is 2.44. The second-order valence-corrected chi connectivity index (χ2v) is 9.60. The number of allylic oxidation sites excluding steroid dienone is 3. The molecule has 2 aromatic carbocycles. The summed E-state index contributed by atoms with van der Waals surface area (Å²) >= 11 is 0. The van der Waals surface area contributed by atoms with Gasteiger partial charge in [-0.15, -0.1) is 0 Å². The topological polar surface area (TPSA) is 62.3 Å². The average Bonchev–Trinajstić information content (AvgIpc) is 3.55. The summed E-state index contributed by atoms with van der Waals surface area (Å²) in [6.07, 6.45) is 18.9. The Balaban J connectivity index is 1.28. The number of imidazole rings is 1. The molecule has 0 fully saturated rings. The Kier molecular flexibility index (Phi) is 6.06. The van der Waals surface area contributed by atoms with Gasteiger partial charge in [0.1, 0.15) is 30.1 Å². The zero-order valence-electron chi connectivity index (χ0n) is 20.9. The fourth-order valence-corrected chi connectivity index (χ4v) is 5.27. The van der Waals surface area contributed by atoms with Gasteiger partial charge in [-0.2, -0.15) is 0 Å². The Bertz CT molecular complexity index is 1410. The molecule has 5 nitrogen and oxygen atoms in total. The Morgan fingerprint density at radius 1 is 1.00 bits per heavy atom. The lowest BCUT2D eigenvalue weighted by Crippen LogP contribution is -2.31. The Morgan fingerprint density at radius 2 is 1.86 bits per heavy atom. The highest BCUT2D eigenvalue weighted by atomic mass is 16.5. The van der Waals surface area contributed by atoms with Crippen molar-refractivity contribution in [1.82, 2.24) is 15.3 Å². The molecular formula is C31H32N4O. The number of nitrogens with zero attached hydrogens (tertiary/aromatic N) is 2. The molecule has 3 aliphatic rings. The molecular weight excluding hydrogens is 444 g/mol. The lowest BCUT2D eigenvalue weighted by atomic mass is 9.84. The number of rotatable bonds is 7. The number of fused-ring (bicyclic) bond motifs is 6. The first-order chi connectivity index (χ1) is 17.7. The van der Waals surface area contributed by atoms with Gasteiger partial charge in [-0.3, -0.25) is 4.99 Å². The van der Waals surface area contributed by atoms with Crippen molar-refractivity contribution in [3.05, 3.63) is 89.4 Å². The summed E-state index contributed by atoms with van der Waals surface area (Å²) in [5.74, 6) is 2.97. The summed E-state index contributed by atoms with van der Waals surface area (Å²) in [5, 5.41) is 3.59. The fourth-order valence-electron chi connectivity index (χ4n) is 5.27. The molecule has 6 rings (SSSR count). The van der Waals surface area contributed by atoms with Gasteiger partial charge < -0.3 is 15.0 Å². The predicted octanol–water partition coefficient (Wildman–Crippen LogP) is 6.94. The van der Waals surface area contributed by atoms with Crippen LogP contribution in [0.1, 0.15) is 61.7 Å². The summed E-state index contributed by atoms with van der Waals surface area (Å²) in [4.78, 5) is 13.0. The van der Waals surface area contributed by atoms with Crippen LogP contribution < -0.4 is 10.1 Å². The van der Waals surface area contributed by atoms with Crippen molar-refractivity contribution in [2.75, 3.05) is 0 Å². The number of ether oxygens (including phenoxy) is 1. The Morgan fingerprint density at radius 3 is 2.72 bits per heavy atom. The monoisotopic (exact) mass is 476 g/mol. The van der Waals surface area contributed by atoms with E-state index in [2.05, 4.69) is 95.9 Å². The van der Waals surface area contributed by atoms with Crippen LogP contribution in [-0.2, 0) is 13.0 Å². The fraction of sp³-hybridized carbons (Fsp3) is 0.290. The summed E-state index contributed by atoms with van der Waals surface area (Å²) in [7, 11) is 0. The van der Waals surface area contributed by atoms with E-state index in [4.69, 9.17) is 9.73 Å². The third kappa shape index (κ3) is 4.19. The molecule has 0 spiro atoms. The maximum Gasteiger partial charge on any atom is 0.128 e. The molecule has 3 aromatic rings. The Labute approximate surface area is 212 Å². The first-order valence-corrected chi connectivity index (χ1v) is 13.0. The average molecular weight is 477 g/mol. The number of aromatic nitrogens is 2. The van der Waals surface area contributed by atoms with Crippen LogP contribution in [0.25, 0.3) is 28.5 Å². The lowest BCUT2D eigenvalue weighted by molar-refractivity contribution is 0.302. The van der Waals surface area contributed by atoms with E-state index in [-0.39, 0.29) is 12.1 Å². The Hall–Kier alpha value is -3.86. The molecule has 3 heterocycles. The summed E-state index contributed by atoms with van der Waals surface area (Å²) in [6, 6.07) is 11.5. The van der Waals surface area contributed by atoms with E-state index < -0.39 is 0 Å². The molecule has 0 bridgehead atoms. The van der Waals surface area contributed by atoms with Crippen molar-refractivity contribution < 1.29 is 4.74 Å². The van der Waals surface area contributed by atoms with Crippen molar-refractivity contribution in [3.63, 3.8) is 0 Å². The molecule has 2 atom stereocenters. The van der Waals surface area contributed by atoms with Crippen molar-refractivity contribution in [2.45, 2.75) is 58.2 Å². The maximum atomic E-state index is 6.26. The van der Waals surface area contributed by atoms with E-state index in [0.29, 0.717) is 6.61 Å². The number of aromatic amines is 1. The molecule has 5 heteroatoms. The minimum atomic E-state index is 0.130. The molecule has 182 valence electrons. The van der Waals surface area contributed by atoms with Crippen LogP contribution in [0.4, 0.5) is 0 Å². The zero-order chi connectivity index (χ0) is 24.5. The smallest absolute Gasteiger partial charge is 0.128 e. The van der Waals surface area contributed by atoms with Crippen molar-refractivity contribution >= 4 is 11.9 Å². The van der Waals surface area contributed by atoms with Crippen LogP contribution in [0.15, 0.2) is 71.9 Å². The summed E-state index contributed by atoms with van der Waals surface area (Å²) in [6.45, 7) is 4.87. The normalized spacial score (nSPS) is 19.4. The van der Waals surface area contributed by atoms with Crippen molar-refractivity contribution in [3.8, 4) is 28.1 Å². The molecule has 1 aliphatic carbocycles. The summed E-state index contributed by atoms with van der Waals surface area (Å²) < 4.78 is 6.26. The predicted molar refractivity (Wildman–Crippen MR) is 147 cm³/mol.